The number of nitrogens with zero attached hydrogens (tertiary/aromatic N) is 2. The average molecular weight is 549 g/mol. The fourth-order valence-electron chi connectivity index (χ4n) is 4.55. The van der Waals surface area contributed by atoms with Crippen LogP contribution in [0.25, 0.3) is 0 Å². The van der Waals surface area contributed by atoms with Gasteiger partial charge in [0, 0.05) is 51.5 Å². The van der Waals surface area contributed by atoms with Gasteiger partial charge < -0.3 is 34.5 Å². The minimum atomic E-state index is -0.236. The summed E-state index contributed by atoms with van der Waals surface area (Å²) in [5.41, 5.74) is 3.15. The molecule has 9 heteroatoms. The number of methoxy groups -OCH3 is 2. The van der Waals surface area contributed by atoms with Crippen LogP contribution < -0.4 is 34.5 Å². The predicted octanol–water partition coefficient (Wildman–Crippen LogP) is 4.30. The molecule has 40 heavy (non-hydrogen) atoms. The van der Waals surface area contributed by atoms with Crippen molar-refractivity contribution in [3.8, 4) is 23.0 Å². The van der Waals surface area contributed by atoms with Crippen molar-refractivity contribution in [3.05, 3.63) is 77.9 Å². The van der Waals surface area contributed by atoms with Crippen molar-refractivity contribution < 1.29 is 23.7 Å². The Morgan fingerprint density at radius 1 is 0.750 bits per heavy atom. The number of carbonyl (C=O) groups excluding carboxylic acids is 1. The quantitative estimate of drug-likeness (QED) is 0.329. The largest absolute Gasteiger partial charge is 0.497 e. The van der Waals surface area contributed by atoms with Gasteiger partial charge >= 0.3 is 6.03 Å². The first-order valence-corrected chi connectivity index (χ1v) is 13.7. The molecule has 0 atom stereocenters. The molecule has 3 aromatic carbocycles. The van der Waals surface area contributed by atoms with Crippen molar-refractivity contribution in [2.75, 3.05) is 65.1 Å². The van der Waals surface area contributed by atoms with Crippen molar-refractivity contribution in [2.45, 2.75) is 20.0 Å². The lowest BCUT2D eigenvalue weighted by atomic mass is 10.2. The van der Waals surface area contributed by atoms with Crippen LogP contribution in [0.3, 0.4) is 0 Å². The monoisotopic (exact) mass is 548 g/mol. The molecule has 0 saturated carbocycles. The topological polar surface area (TPSA) is 84.5 Å². The minimum Gasteiger partial charge on any atom is -0.497 e. The van der Waals surface area contributed by atoms with Gasteiger partial charge in [0.1, 0.15) is 18.1 Å². The molecule has 9 nitrogen and oxygen atoms in total. The van der Waals surface area contributed by atoms with Gasteiger partial charge in [-0.05, 0) is 66.6 Å². The SMILES string of the molecule is CCOc1ccc(CNC(=O)NCc2ccc(OCCN3CCN(c4ccc(OC)cc4)CC3)c(OC)c2)cc1. The highest BCUT2D eigenvalue weighted by Crippen LogP contribution is 2.28. The van der Waals surface area contributed by atoms with Gasteiger partial charge in [0.25, 0.3) is 0 Å². The second-order valence-corrected chi connectivity index (χ2v) is 9.47. The Kier molecular flexibility index (Phi) is 10.7. The van der Waals surface area contributed by atoms with Crippen molar-refractivity contribution in [3.63, 3.8) is 0 Å². The van der Waals surface area contributed by atoms with Gasteiger partial charge in [-0.25, -0.2) is 4.79 Å². The van der Waals surface area contributed by atoms with E-state index in [0.29, 0.717) is 37.8 Å². The van der Waals surface area contributed by atoms with Crippen LogP contribution in [0.4, 0.5) is 10.5 Å². The number of piperazine rings is 1. The second-order valence-electron chi connectivity index (χ2n) is 9.47. The third-order valence-corrected chi connectivity index (χ3v) is 6.84. The molecule has 1 aliphatic heterocycles. The zero-order chi connectivity index (χ0) is 28.2. The number of benzene rings is 3. The van der Waals surface area contributed by atoms with Crippen LogP contribution in [0, 0.1) is 0 Å². The number of nitrogens with one attached hydrogen (secondary N) is 2. The Hall–Kier alpha value is -4.11. The maximum absolute atomic E-state index is 12.3. The van der Waals surface area contributed by atoms with E-state index in [1.807, 2.05) is 61.5 Å². The highest BCUT2D eigenvalue weighted by atomic mass is 16.5. The summed E-state index contributed by atoms with van der Waals surface area (Å²) in [5.74, 6) is 3.04. The Labute approximate surface area is 237 Å². The van der Waals surface area contributed by atoms with Gasteiger partial charge in [-0.1, -0.05) is 18.2 Å². The molecule has 214 valence electrons. The van der Waals surface area contributed by atoms with Crippen molar-refractivity contribution in [1.29, 1.82) is 0 Å². The van der Waals surface area contributed by atoms with E-state index >= 15 is 0 Å². The molecule has 3 aromatic rings. The first-order valence-electron chi connectivity index (χ1n) is 13.7. The first-order chi connectivity index (χ1) is 19.6. The molecule has 1 fully saturated rings. The molecular weight excluding hydrogens is 508 g/mol. The molecule has 2 amide bonds. The van der Waals surface area contributed by atoms with E-state index in [1.54, 1.807) is 14.2 Å². The van der Waals surface area contributed by atoms with Gasteiger partial charge in [0.2, 0.25) is 0 Å². The van der Waals surface area contributed by atoms with Crippen LogP contribution in [-0.2, 0) is 13.1 Å². The number of carbonyl (C=O) groups is 1. The first kappa shape index (κ1) is 28.9. The highest BCUT2D eigenvalue weighted by molar-refractivity contribution is 5.73. The van der Waals surface area contributed by atoms with Gasteiger partial charge in [-0.3, -0.25) is 4.90 Å². The lowest BCUT2D eigenvalue weighted by Gasteiger charge is -2.36. The third kappa shape index (κ3) is 8.44. The van der Waals surface area contributed by atoms with Gasteiger partial charge in [0.15, 0.2) is 11.5 Å². The predicted molar refractivity (Wildman–Crippen MR) is 157 cm³/mol. The minimum absolute atomic E-state index is 0.236. The van der Waals surface area contributed by atoms with E-state index < -0.39 is 0 Å². The molecule has 2 N–H and O–H groups in total. The van der Waals surface area contributed by atoms with E-state index in [2.05, 4.69) is 32.6 Å². The maximum atomic E-state index is 12.3. The molecule has 0 bridgehead atoms. The van der Waals surface area contributed by atoms with E-state index in [9.17, 15) is 4.79 Å². The molecule has 0 spiro atoms. The van der Waals surface area contributed by atoms with Crippen molar-refractivity contribution in [2.24, 2.45) is 0 Å². The zero-order valence-electron chi connectivity index (χ0n) is 23.7. The molecule has 0 radical (unpaired) electrons. The number of hydrogen-bond donors (Lipinski definition) is 2. The lowest BCUT2D eigenvalue weighted by Crippen LogP contribution is -2.47. The summed E-state index contributed by atoms with van der Waals surface area (Å²) in [6, 6.07) is 21.4. The number of urea groups is 1. The summed E-state index contributed by atoms with van der Waals surface area (Å²) in [7, 11) is 3.31. The second kappa shape index (κ2) is 14.9. The Balaban J connectivity index is 1.16. The van der Waals surface area contributed by atoms with Gasteiger partial charge in [-0.15, -0.1) is 0 Å². The van der Waals surface area contributed by atoms with E-state index in [0.717, 1.165) is 55.3 Å². The number of anilines is 1. The van der Waals surface area contributed by atoms with E-state index in [1.165, 1.54) is 5.69 Å². The molecular formula is C31H40N4O5. The maximum Gasteiger partial charge on any atom is 0.315 e. The molecule has 1 saturated heterocycles. The Morgan fingerprint density at radius 2 is 1.40 bits per heavy atom. The average Bonchev–Trinajstić information content (AvgIpc) is 3.00. The molecule has 1 heterocycles. The normalized spacial score (nSPS) is 13.4. The highest BCUT2D eigenvalue weighted by Gasteiger charge is 2.17. The summed E-state index contributed by atoms with van der Waals surface area (Å²) >= 11 is 0. The molecule has 0 aliphatic carbocycles. The summed E-state index contributed by atoms with van der Waals surface area (Å²) < 4.78 is 22.3. The van der Waals surface area contributed by atoms with Crippen LogP contribution in [-0.4, -0.2) is 71.1 Å². The van der Waals surface area contributed by atoms with Crippen molar-refractivity contribution >= 4 is 11.7 Å². The molecule has 0 unspecified atom stereocenters. The Bertz CT molecular complexity index is 1200. The van der Waals surface area contributed by atoms with Crippen LogP contribution in [0.15, 0.2) is 66.7 Å². The van der Waals surface area contributed by atoms with Crippen molar-refractivity contribution in [1.82, 2.24) is 15.5 Å². The van der Waals surface area contributed by atoms with Crippen LogP contribution in [0.1, 0.15) is 18.1 Å². The molecule has 0 aromatic heterocycles. The van der Waals surface area contributed by atoms with Crippen LogP contribution in [0.2, 0.25) is 0 Å². The Morgan fingerprint density at radius 3 is 2.05 bits per heavy atom. The van der Waals surface area contributed by atoms with Gasteiger partial charge in [-0.2, -0.15) is 0 Å². The van der Waals surface area contributed by atoms with E-state index in [-0.39, 0.29) is 6.03 Å². The fourth-order valence-corrected chi connectivity index (χ4v) is 4.55. The van der Waals surface area contributed by atoms with Gasteiger partial charge in [0.05, 0.1) is 20.8 Å². The summed E-state index contributed by atoms with van der Waals surface area (Å²) in [5, 5.41) is 5.77. The lowest BCUT2D eigenvalue weighted by molar-refractivity contribution is 0.197. The number of ether oxygens (including phenoxy) is 4. The summed E-state index contributed by atoms with van der Waals surface area (Å²) in [6.07, 6.45) is 0. The molecule has 1 aliphatic rings. The fraction of sp³-hybridized carbons (Fsp3) is 0.387. The number of amides is 2. The smallest absolute Gasteiger partial charge is 0.315 e. The summed E-state index contributed by atoms with van der Waals surface area (Å²) in [6.45, 7) is 8.73. The van der Waals surface area contributed by atoms with Crippen LogP contribution in [0.5, 0.6) is 23.0 Å². The summed E-state index contributed by atoms with van der Waals surface area (Å²) in [4.78, 5) is 17.1. The number of rotatable bonds is 13. The third-order valence-electron chi connectivity index (χ3n) is 6.84. The number of hydrogen-bond acceptors (Lipinski definition) is 7. The van der Waals surface area contributed by atoms with E-state index in [4.69, 9.17) is 18.9 Å². The standard InChI is InChI=1S/C31H40N4O5/c1-4-39-28-10-5-24(6-11-28)22-32-31(36)33-23-25-7-14-29(30(21-25)38-3)40-20-19-34-15-17-35(18-16-34)26-8-12-27(37-2)13-9-26/h5-14,21H,4,15-20,22-23H2,1-3H3,(H2,32,33,36). The molecule has 4 rings (SSSR count). The zero-order valence-corrected chi connectivity index (χ0v) is 23.7. The van der Waals surface area contributed by atoms with Crippen LogP contribution >= 0.6 is 0 Å².